The van der Waals surface area contributed by atoms with E-state index >= 15 is 0 Å². The van der Waals surface area contributed by atoms with Crippen molar-refractivity contribution in [1.29, 1.82) is 0 Å². The van der Waals surface area contributed by atoms with Crippen molar-refractivity contribution in [3.63, 3.8) is 0 Å². The quantitative estimate of drug-likeness (QED) is 0.817. The van der Waals surface area contributed by atoms with Crippen LogP contribution in [0.5, 0.6) is 0 Å². The average Bonchev–Trinajstić information content (AvgIpc) is 2.93. The topological polar surface area (TPSA) is 111 Å². The monoisotopic (exact) mass is 330 g/mol. The molecule has 1 heterocycles. The van der Waals surface area contributed by atoms with E-state index in [-0.39, 0.29) is 18.0 Å². The first kappa shape index (κ1) is 15.9. The van der Waals surface area contributed by atoms with Crippen LogP contribution in [0, 0.1) is 6.92 Å². The third-order valence-corrected chi connectivity index (χ3v) is 4.79. The fourth-order valence-corrected chi connectivity index (χ4v) is 3.52. The van der Waals surface area contributed by atoms with E-state index in [4.69, 9.17) is 17.3 Å². The Morgan fingerprint density at radius 1 is 1.43 bits per heavy atom. The average molecular weight is 331 g/mol. The molecular weight excluding hydrogens is 316 g/mol. The van der Waals surface area contributed by atoms with Crippen LogP contribution in [0.2, 0.25) is 5.02 Å². The molecule has 0 aliphatic carbocycles. The Hall–Kier alpha value is -1.48. The lowest BCUT2D eigenvalue weighted by molar-refractivity contribution is 0.410. The van der Waals surface area contributed by atoms with Crippen molar-refractivity contribution in [2.45, 2.75) is 24.8 Å². The molecule has 0 aliphatic heterocycles. The van der Waals surface area contributed by atoms with E-state index in [0.717, 1.165) is 0 Å². The van der Waals surface area contributed by atoms with Gasteiger partial charge in [-0.1, -0.05) is 16.8 Å². The highest BCUT2D eigenvalue weighted by molar-refractivity contribution is 7.89. The normalized spacial score (nSPS) is 11.8. The molecule has 7 nitrogen and oxygen atoms in total. The zero-order valence-electron chi connectivity index (χ0n) is 11.3. The first-order chi connectivity index (χ1) is 9.94. The third kappa shape index (κ3) is 3.79. The lowest BCUT2D eigenvalue weighted by Crippen LogP contribution is -2.27. The second kappa shape index (κ2) is 6.52. The summed E-state index contributed by atoms with van der Waals surface area (Å²) >= 11 is 5.94. The van der Waals surface area contributed by atoms with Gasteiger partial charge in [-0.05, 0) is 30.2 Å². The second-order valence-electron chi connectivity index (χ2n) is 4.39. The Labute approximate surface area is 127 Å². The molecule has 0 spiro atoms. The number of nitrogens with zero attached hydrogens (tertiary/aromatic N) is 2. The van der Waals surface area contributed by atoms with Crippen LogP contribution in [-0.2, 0) is 23.0 Å². The van der Waals surface area contributed by atoms with Crippen LogP contribution in [-0.4, -0.2) is 25.1 Å². The van der Waals surface area contributed by atoms with Gasteiger partial charge in [-0.25, -0.2) is 13.1 Å². The molecule has 21 heavy (non-hydrogen) atoms. The summed E-state index contributed by atoms with van der Waals surface area (Å²) in [5, 5.41) is 3.94. The number of sulfonamides is 1. The Bertz CT molecular complexity index is 716. The molecule has 1 aromatic heterocycles. The molecule has 0 saturated heterocycles. The predicted octanol–water partition coefficient (Wildman–Crippen LogP) is 1.01. The van der Waals surface area contributed by atoms with Crippen LogP contribution in [0.15, 0.2) is 27.9 Å². The minimum Gasteiger partial charge on any atom is -0.343 e. The van der Waals surface area contributed by atoms with Crippen LogP contribution in [0.25, 0.3) is 0 Å². The number of aromatic nitrogens is 2. The van der Waals surface area contributed by atoms with Gasteiger partial charge < -0.3 is 10.3 Å². The number of nitrogens with two attached hydrogens (primary N) is 1. The Balaban J connectivity index is 2.17. The molecule has 0 unspecified atom stereocenters. The smallest absolute Gasteiger partial charge is 0.240 e. The summed E-state index contributed by atoms with van der Waals surface area (Å²) in [6.45, 7) is 2.08. The van der Waals surface area contributed by atoms with Crippen molar-refractivity contribution in [1.82, 2.24) is 14.9 Å². The zero-order chi connectivity index (χ0) is 15.5. The van der Waals surface area contributed by atoms with Crippen LogP contribution in [0.3, 0.4) is 0 Å². The van der Waals surface area contributed by atoms with E-state index in [9.17, 15) is 8.42 Å². The van der Waals surface area contributed by atoms with Crippen LogP contribution in [0.4, 0.5) is 0 Å². The fourth-order valence-electron chi connectivity index (χ4n) is 1.88. The van der Waals surface area contributed by atoms with Crippen molar-refractivity contribution < 1.29 is 12.9 Å². The van der Waals surface area contributed by atoms with Crippen LogP contribution >= 0.6 is 11.6 Å². The van der Waals surface area contributed by atoms with E-state index in [1.54, 1.807) is 13.0 Å². The Morgan fingerprint density at radius 2 is 2.19 bits per heavy atom. The van der Waals surface area contributed by atoms with Gasteiger partial charge in [0.05, 0.1) is 4.90 Å². The first-order valence-electron chi connectivity index (χ1n) is 6.18. The Kier molecular flexibility index (Phi) is 4.94. The fraction of sp³-hybridized carbons (Fsp3) is 0.333. The number of rotatable bonds is 6. The van der Waals surface area contributed by atoms with Gasteiger partial charge in [0.2, 0.25) is 16.4 Å². The number of hydrogen-bond donors (Lipinski definition) is 2. The standard InChI is InChI=1S/C12H15ClN4O3S/c1-8-9(6-14)4-10(13)5-11(8)21(18,19)16-3-2-12-15-7-20-17-12/h4-5,7,16H,2-3,6,14H2,1H3. The molecule has 0 saturated carbocycles. The third-order valence-electron chi connectivity index (χ3n) is 2.99. The molecule has 0 amide bonds. The minimum atomic E-state index is -3.68. The summed E-state index contributed by atoms with van der Waals surface area (Å²) in [6.07, 6.45) is 1.53. The molecule has 0 bridgehead atoms. The van der Waals surface area contributed by atoms with Crippen molar-refractivity contribution in [3.8, 4) is 0 Å². The maximum atomic E-state index is 12.3. The Morgan fingerprint density at radius 3 is 2.81 bits per heavy atom. The maximum absolute atomic E-state index is 12.3. The summed E-state index contributed by atoms with van der Waals surface area (Å²) in [7, 11) is -3.68. The summed E-state index contributed by atoms with van der Waals surface area (Å²) in [5.74, 6) is 0.433. The SMILES string of the molecule is Cc1c(CN)cc(Cl)cc1S(=O)(=O)NCCc1ncon1. The van der Waals surface area contributed by atoms with E-state index < -0.39 is 10.0 Å². The highest BCUT2D eigenvalue weighted by Gasteiger charge is 2.19. The van der Waals surface area contributed by atoms with Crippen LogP contribution < -0.4 is 10.5 Å². The zero-order valence-corrected chi connectivity index (χ0v) is 12.9. The molecule has 114 valence electrons. The van der Waals surface area contributed by atoms with Gasteiger partial charge in [-0.2, -0.15) is 4.98 Å². The summed E-state index contributed by atoms with van der Waals surface area (Å²) < 4.78 is 31.7. The first-order valence-corrected chi connectivity index (χ1v) is 8.04. The van der Waals surface area contributed by atoms with Crippen molar-refractivity contribution in [2.24, 2.45) is 5.73 Å². The predicted molar refractivity (Wildman–Crippen MR) is 77.3 cm³/mol. The lowest BCUT2D eigenvalue weighted by Gasteiger charge is -2.12. The van der Waals surface area contributed by atoms with Crippen molar-refractivity contribution in [2.75, 3.05) is 6.54 Å². The van der Waals surface area contributed by atoms with Gasteiger partial charge in [0, 0.05) is 24.5 Å². The number of nitrogens with one attached hydrogen (secondary N) is 1. The largest absolute Gasteiger partial charge is 0.343 e. The molecule has 9 heteroatoms. The van der Waals surface area contributed by atoms with E-state index in [0.29, 0.717) is 28.4 Å². The summed E-state index contributed by atoms with van der Waals surface area (Å²) in [5.41, 5.74) is 6.88. The summed E-state index contributed by atoms with van der Waals surface area (Å²) in [4.78, 5) is 3.95. The van der Waals surface area contributed by atoms with E-state index in [2.05, 4.69) is 19.4 Å². The van der Waals surface area contributed by atoms with Gasteiger partial charge >= 0.3 is 0 Å². The number of hydrogen-bond acceptors (Lipinski definition) is 6. The summed E-state index contributed by atoms with van der Waals surface area (Å²) in [6, 6.07) is 3.07. The van der Waals surface area contributed by atoms with Gasteiger partial charge in [0.25, 0.3) is 0 Å². The van der Waals surface area contributed by atoms with Crippen molar-refractivity contribution >= 4 is 21.6 Å². The number of halogens is 1. The molecule has 1 aromatic carbocycles. The molecule has 3 N–H and O–H groups in total. The minimum absolute atomic E-state index is 0.128. The molecule has 0 radical (unpaired) electrons. The van der Waals surface area contributed by atoms with E-state index in [1.165, 1.54) is 12.5 Å². The van der Waals surface area contributed by atoms with Gasteiger partial charge in [0.1, 0.15) is 0 Å². The second-order valence-corrected chi connectivity index (χ2v) is 6.56. The molecular formula is C12H15ClN4O3S. The highest BCUT2D eigenvalue weighted by Crippen LogP contribution is 2.24. The highest BCUT2D eigenvalue weighted by atomic mass is 35.5. The molecule has 0 atom stereocenters. The number of benzene rings is 1. The molecule has 0 fully saturated rings. The molecule has 2 aromatic rings. The lowest BCUT2D eigenvalue weighted by atomic mass is 10.1. The van der Waals surface area contributed by atoms with Gasteiger partial charge in [-0.15, -0.1) is 0 Å². The molecule has 2 rings (SSSR count). The maximum Gasteiger partial charge on any atom is 0.240 e. The van der Waals surface area contributed by atoms with Crippen LogP contribution in [0.1, 0.15) is 17.0 Å². The van der Waals surface area contributed by atoms with Gasteiger partial charge in [-0.3, -0.25) is 0 Å². The molecule has 0 aliphatic rings. The van der Waals surface area contributed by atoms with E-state index in [1.807, 2.05) is 0 Å². The van der Waals surface area contributed by atoms with Gasteiger partial charge in [0.15, 0.2) is 5.82 Å². The van der Waals surface area contributed by atoms with Crippen molar-refractivity contribution in [3.05, 3.63) is 40.5 Å².